The van der Waals surface area contributed by atoms with Crippen LogP contribution in [0.4, 0.5) is 29.1 Å². The lowest BCUT2D eigenvalue weighted by atomic mass is 9.97. The van der Waals surface area contributed by atoms with Crippen LogP contribution in [0.3, 0.4) is 0 Å². The molecule has 2 aliphatic rings. The van der Waals surface area contributed by atoms with Crippen LogP contribution in [0.15, 0.2) is 34.1 Å². The van der Waals surface area contributed by atoms with Crippen molar-refractivity contribution < 1.29 is 9.53 Å². The van der Waals surface area contributed by atoms with Gasteiger partial charge in [-0.3, -0.25) is 28.6 Å². The van der Waals surface area contributed by atoms with E-state index >= 15 is 0 Å². The molecule has 4 aromatic heterocycles. The van der Waals surface area contributed by atoms with Gasteiger partial charge >= 0.3 is 5.69 Å². The Balaban J connectivity index is 1.08. The molecule has 5 aromatic rings. The number of rotatable bonds is 7. The quantitative estimate of drug-likeness (QED) is 0.210. The van der Waals surface area contributed by atoms with E-state index in [0.717, 1.165) is 29.8 Å². The van der Waals surface area contributed by atoms with Crippen LogP contribution >= 0.6 is 0 Å². The number of aryl methyl sites for hydroxylation is 3. The number of benzene rings is 1. The third-order valence-electron chi connectivity index (χ3n) is 8.48. The van der Waals surface area contributed by atoms with Gasteiger partial charge in [-0.15, -0.1) is 0 Å². The van der Waals surface area contributed by atoms with Gasteiger partial charge in [0.15, 0.2) is 22.6 Å². The molecule has 0 saturated carbocycles. The number of aromatic nitrogens is 8. The van der Waals surface area contributed by atoms with E-state index in [-0.39, 0.29) is 41.6 Å². The summed E-state index contributed by atoms with van der Waals surface area (Å²) >= 11 is 0. The number of nitrogens with two attached hydrogens (primary N) is 1. The molecule has 1 unspecified atom stereocenters. The van der Waals surface area contributed by atoms with Crippen LogP contribution in [0.1, 0.15) is 44.9 Å². The minimum atomic E-state index is -0.527. The van der Waals surface area contributed by atoms with Crippen LogP contribution in [0.25, 0.3) is 22.3 Å². The second-order valence-electron chi connectivity index (χ2n) is 11.2. The van der Waals surface area contributed by atoms with E-state index in [1.165, 1.54) is 13.7 Å². The van der Waals surface area contributed by atoms with Gasteiger partial charge in [0.25, 0.3) is 5.56 Å². The number of fused-ring (bicyclic) bond motifs is 3. The Hall–Kier alpha value is -5.25. The Bertz CT molecular complexity index is 2090. The molecule has 5 N–H and O–H groups in total. The van der Waals surface area contributed by atoms with E-state index in [0.29, 0.717) is 43.1 Å². The molecular formula is C29H34N12O4. The van der Waals surface area contributed by atoms with Crippen molar-refractivity contribution in [1.82, 2.24) is 38.2 Å². The number of nitrogen functional groups attached to an aromatic ring is 1. The van der Waals surface area contributed by atoms with Crippen LogP contribution in [-0.4, -0.2) is 56.8 Å². The molecule has 7 rings (SSSR count). The summed E-state index contributed by atoms with van der Waals surface area (Å²) in [5.41, 5.74) is 9.64. The second kappa shape index (κ2) is 11.0. The van der Waals surface area contributed by atoms with E-state index in [1.54, 1.807) is 20.3 Å². The SMILES string of the molecule is CCn1c(=O)c2c(nc(NC(=O)C3CCc4cc(Nc5nc(N)c6ncn([C@H]7CCCO7)c6n5)ccc4N3)n2C)n(CC)c1=O. The molecule has 16 nitrogen and oxygen atoms in total. The molecule has 0 bridgehead atoms. The highest BCUT2D eigenvalue weighted by Crippen LogP contribution is 2.31. The molecule has 0 spiro atoms. The lowest BCUT2D eigenvalue weighted by Crippen LogP contribution is -2.40. The topological polar surface area (TPSA) is 194 Å². The maximum absolute atomic E-state index is 13.3. The fourth-order valence-electron chi connectivity index (χ4n) is 6.13. The van der Waals surface area contributed by atoms with E-state index in [1.807, 2.05) is 29.7 Å². The summed E-state index contributed by atoms with van der Waals surface area (Å²) < 4.78 is 11.8. The molecular weight excluding hydrogens is 580 g/mol. The fraction of sp³-hybridized carbons (Fsp3) is 0.414. The Morgan fingerprint density at radius 2 is 1.93 bits per heavy atom. The summed E-state index contributed by atoms with van der Waals surface area (Å²) in [6.45, 7) is 4.83. The summed E-state index contributed by atoms with van der Waals surface area (Å²) in [5.74, 6) is 0.541. The zero-order chi connectivity index (χ0) is 31.4. The van der Waals surface area contributed by atoms with E-state index in [4.69, 9.17) is 10.5 Å². The Kier molecular flexibility index (Phi) is 6.99. The smallest absolute Gasteiger partial charge is 0.332 e. The minimum absolute atomic E-state index is 0.121. The first-order valence-corrected chi connectivity index (χ1v) is 15.1. The number of imidazole rings is 2. The highest BCUT2D eigenvalue weighted by Gasteiger charge is 2.27. The van der Waals surface area contributed by atoms with Gasteiger partial charge in [-0.1, -0.05) is 0 Å². The molecule has 2 atom stereocenters. The predicted molar refractivity (Wildman–Crippen MR) is 169 cm³/mol. The lowest BCUT2D eigenvalue weighted by Gasteiger charge is -2.26. The molecule has 16 heteroatoms. The van der Waals surface area contributed by atoms with E-state index < -0.39 is 17.3 Å². The van der Waals surface area contributed by atoms with Crippen molar-refractivity contribution in [2.75, 3.05) is 28.3 Å². The average molecular weight is 615 g/mol. The van der Waals surface area contributed by atoms with Gasteiger partial charge in [0.2, 0.25) is 17.8 Å². The number of ether oxygens (including phenoxy) is 1. The maximum atomic E-state index is 13.3. The van der Waals surface area contributed by atoms with Crippen LogP contribution in [0.5, 0.6) is 0 Å². The first-order chi connectivity index (χ1) is 21.8. The molecule has 234 valence electrons. The third-order valence-corrected chi connectivity index (χ3v) is 8.48. The van der Waals surface area contributed by atoms with Crippen LogP contribution < -0.4 is 32.9 Å². The molecule has 45 heavy (non-hydrogen) atoms. The molecule has 1 aromatic carbocycles. The third kappa shape index (κ3) is 4.77. The Morgan fingerprint density at radius 3 is 2.69 bits per heavy atom. The molecule has 1 amide bonds. The number of nitrogens with one attached hydrogen (secondary N) is 3. The number of hydrogen-bond donors (Lipinski definition) is 4. The van der Waals surface area contributed by atoms with Crippen molar-refractivity contribution >= 4 is 57.3 Å². The van der Waals surface area contributed by atoms with Crippen molar-refractivity contribution in [3.63, 3.8) is 0 Å². The summed E-state index contributed by atoms with van der Waals surface area (Å²) in [4.78, 5) is 57.1. The van der Waals surface area contributed by atoms with Gasteiger partial charge < -0.3 is 25.7 Å². The lowest BCUT2D eigenvalue weighted by molar-refractivity contribution is -0.117. The van der Waals surface area contributed by atoms with Crippen molar-refractivity contribution in [2.24, 2.45) is 7.05 Å². The first kappa shape index (κ1) is 28.5. The van der Waals surface area contributed by atoms with Gasteiger partial charge in [-0.05, 0) is 63.3 Å². The number of anilines is 5. The fourth-order valence-corrected chi connectivity index (χ4v) is 6.13. The number of carbonyl (C=O) groups excluding carboxylic acids is 1. The molecule has 0 radical (unpaired) electrons. The monoisotopic (exact) mass is 614 g/mol. The number of amides is 1. The van der Waals surface area contributed by atoms with Crippen LogP contribution in [-0.2, 0) is 36.1 Å². The van der Waals surface area contributed by atoms with Gasteiger partial charge in [-0.2, -0.15) is 15.0 Å². The molecule has 1 saturated heterocycles. The number of hydrogen-bond acceptors (Lipinski definition) is 11. The van der Waals surface area contributed by atoms with Crippen molar-refractivity contribution in [3.05, 3.63) is 50.9 Å². The number of carbonyl (C=O) groups is 1. The standard InChI is InChI=1S/C29H34N12O4/c1-4-39-24-21(26(43)40(5-2)29(39)44)38(3)28(36-24)37-25(42)18-10-8-15-13-16(9-11-17(15)33-18)32-27-34-22(30)20-23(35-27)41(14-31-20)19-7-6-12-45-19/h9,11,13-14,18-19,33H,4-8,10,12H2,1-3H3,(H,36,37,42)(H3,30,32,34,35)/t18?,19-/m1/s1. The molecule has 2 aliphatic heterocycles. The van der Waals surface area contributed by atoms with Crippen molar-refractivity contribution in [2.45, 2.75) is 64.9 Å². The van der Waals surface area contributed by atoms with Gasteiger partial charge in [0.05, 0.1) is 6.33 Å². The molecule has 1 fully saturated rings. The van der Waals surface area contributed by atoms with Crippen LogP contribution in [0, 0.1) is 0 Å². The summed E-state index contributed by atoms with van der Waals surface area (Å²) in [6, 6.07) is 5.24. The van der Waals surface area contributed by atoms with Crippen LogP contribution in [0.2, 0.25) is 0 Å². The highest BCUT2D eigenvalue weighted by molar-refractivity contribution is 5.97. The Labute approximate surface area is 256 Å². The molecule has 6 heterocycles. The van der Waals surface area contributed by atoms with Crippen molar-refractivity contribution in [3.8, 4) is 0 Å². The second-order valence-corrected chi connectivity index (χ2v) is 11.2. The van der Waals surface area contributed by atoms with Crippen molar-refractivity contribution in [1.29, 1.82) is 0 Å². The van der Waals surface area contributed by atoms with Gasteiger partial charge in [-0.25, -0.2) is 9.78 Å². The van der Waals surface area contributed by atoms with Gasteiger partial charge in [0.1, 0.15) is 17.8 Å². The zero-order valence-corrected chi connectivity index (χ0v) is 25.2. The minimum Gasteiger partial charge on any atom is -0.382 e. The summed E-state index contributed by atoms with van der Waals surface area (Å²) in [6.07, 6.45) is 4.60. The maximum Gasteiger partial charge on any atom is 0.332 e. The average Bonchev–Trinajstić information content (AvgIpc) is 3.77. The number of nitrogens with zero attached hydrogens (tertiary/aromatic N) is 8. The highest BCUT2D eigenvalue weighted by atomic mass is 16.5. The zero-order valence-electron chi connectivity index (χ0n) is 25.2. The summed E-state index contributed by atoms with van der Waals surface area (Å²) in [7, 11) is 1.65. The van der Waals surface area contributed by atoms with E-state index in [2.05, 4.69) is 35.9 Å². The summed E-state index contributed by atoms with van der Waals surface area (Å²) in [5, 5.41) is 9.42. The first-order valence-electron chi connectivity index (χ1n) is 15.1. The van der Waals surface area contributed by atoms with Gasteiger partial charge in [0, 0.05) is 38.1 Å². The normalized spacial score (nSPS) is 17.8. The Morgan fingerprint density at radius 1 is 1.11 bits per heavy atom. The predicted octanol–water partition coefficient (Wildman–Crippen LogP) is 2.08. The molecule has 0 aliphatic carbocycles. The van der Waals surface area contributed by atoms with E-state index in [9.17, 15) is 14.4 Å². The largest absolute Gasteiger partial charge is 0.382 e.